The van der Waals surface area contributed by atoms with E-state index in [4.69, 9.17) is 0 Å². The van der Waals surface area contributed by atoms with Gasteiger partial charge in [-0.3, -0.25) is 4.79 Å². The number of benzene rings is 2. The van der Waals surface area contributed by atoms with Crippen molar-refractivity contribution in [1.82, 2.24) is 10.2 Å². The maximum atomic E-state index is 13.5. The van der Waals surface area contributed by atoms with Crippen LogP contribution in [0.5, 0.6) is 0 Å². The zero-order valence-electron chi connectivity index (χ0n) is 13.8. The number of halogens is 2. The lowest BCUT2D eigenvalue weighted by Crippen LogP contribution is -2.36. The van der Waals surface area contributed by atoms with E-state index in [-0.39, 0.29) is 5.91 Å². The summed E-state index contributed by atoms with van der Waals surface area (Å²) in [5.74, 6) is -1.78. The summed E-state index contributed by atoms with van der Waals surface area (Å²) < 4.78 is 26.7. The van der Waals surface area contributed by atoms with Gasteiger partial charge in [0.2, 0.25) is 5.91 Å². The number of hydrogen-bond acceptors (Lipinski definition) is 3. The van der Waals surface area contributed by atoms with Crippen LogP contribution in [0.25, 0.3) is 0 Å². The van der Waals surface area contributed by atoms with Crippen LogP contribution in [-0.2, 0) is 4.79 Å². The number of hydrogen-bond donors (Lipinski definition) is 1. The van der Waals surface area contributed by atoms with Crippen LogP contribution in [0, 0.1) is 11.6 Å². The van der Waals surface area contributed by atoms with E-state index in [1.807, 2.05) is 35.2 Å². The van der Waals surface area contributed by atoms with Crippen molar-refractivity contribution in [2.24, 2.45) is 0 Å². The molecule has 1 aliphatic heterocycles. The van der Waals surface area contributed by atoms with Gasteiger partial charge in [-0.15, -0.1) is 11.8 Å². The second-order valence-electron chi connectivity index (χ2n) is 5.91. The molecule has 3 rings (SSSR count). The normalized spacial score (nSPS) is 16.3. The Morgan fingerprint density at radius 1 is 1.04 bits per heavy atom. The third kappa shape index (κ3) is 4.58. The predicted octanol–water partition coefficient (Wildman–Crippen LogP) is 3.62. The van der Waals surface area contributed by atoms with E-state index in [2.05, 4.69) is 5.32 Å². The van der Waals surface area contributed by atoms with Gasteiger partial charge in [-0.1, -0.05) is 30.3 Å². The average Bonchev–Trinajstić information content (AvgIpc) is 2.92. The van der Waals surface area contributed by atoms with E-state index in [1.165, 1.54) is 17.8 Å². The first kappa shape index (κ1) is 17.9. The fraction of sp³-hybridized carbons (Fsp3) is 0.316. The van der Waals surface area contributed by atoms with E-state index >= 15 is 0 Å². The molecule has 1 N–H and O–H groups in total. The molecular formula is C19H20F2N2OS. The third-order valence-corrected chi connectivity index (χ3v) is 5.36. The van der Waals surface area contributed by atoms with Crippen LogP contribution in [0.1, 0.15) is 17.2 Å². The van der Waals surface area contributed by atoms with Crippen LogP contribution >= 0.6 is 11.8 Å². The molecule has 0 saturated carbocycles. The van der Waals surface area contributed by atoms with Crippen molar-refractivity contribution in [1.29, 1.82) is 0 Å². The highest BCUT2D eigenvalue weighted by molar-refractivity contribution is 8.00. The van der Waals surface area contributed by atoms with Gasteiger partial charge in [0.25, 0.3) is 0 Å². The summed E-state index contributed by atoms with van der Waals surface area (Å²) in [5.41, 5.74) is 0.861. The van der Waals surface area contributed by atoms with Crippen molar-refractivity contribution in [2.75, 3.05) is 26.2 Å². The smallest absolute Gasteiger partial charge is 0.240 e. The topological polar surface area (TPSA) is 32.3 Å². The standard InChI is InChI=1S/C19H20F2N2OS/c20-16-8-7-15(13-17(16)21)25-18(14-5-2-1-3-6-14)19(24)23-11-4-9-22-10-12-23/h1-3,5-8,13,18,22H,4,9-12H2. The van der Waals surface area contributed by atoms with Gasteiger partial charge in [0.05, 0.1) is 0 Å². The Kier molecular flexibility index (Phi) is 6.04. The summed E-state index contributed by atoms with van der Waals surface area (Å²) in [6.07, 6.45) is 0.906. The van der Waals surface area contributed by atoms with Crippen LogP contribution in [-0.4, -0.2) is 37.0 Å². The number of carbonyl (C=O) groups excluding carboxylic acids is 1. The van der Waals surface area contributed by atoms with Gasteiger partial charge in [-0.25, -0.2) is 8.78 Å². The molecule has 1 aliphatic rings. The van der Waals surface area contributed by atoms with Gasteiger partial charge in [-0.2, -0.15) is 0 Å². The molecular weight excluding hydrogens is 342 g/mol. The molecule has 3 nitrogen and oxygen atoms in total. The highest BCUT2D eigenvalue weighted by Gasteiger charge is 2.27. The largest absolute Gasteiger partial charge is 0.340 e. The van der Waals surface area contributed by atoms with Crippen LogP contribution in [0.3, 0.4) is 0 Å². The average molecular weight is 362 g/mol. The quantitative estimate of drug-likeness (QED) is 0.843. The lowest BCUT2D eigenvalue weighted by molar-refractivity contribution is -0.130. The SMILES string of the molecule is O=C(C(Sc1ccc(F)c(F)c1)c1ccccc1)N1CCCNCC1. The first-order chi connectivity index (χ1) is 12.1. The Morgan fingerprint density at radius 2 is 1.84 bits per heavy atom. The van der Waals surface area contributed by atoms with Gasteiger partial charge in [0.15, 0.2) is 11.6 Å². The summed E-state index contributed by atoms with van der Waals surface area (Å²) in [5, 5.41) is 2.80. The molecule has 0 aromatic heterocycles. The second kappa shape index (κ2) is 8.45. The molecule has 0 radical (unpaired) electrons. The number of amides is 1. The first-order valence-electron chi connectivity index (χ1n) is 8.31. The number of rotatable bonds is 4. The second-order valence-corrected chi connectivity index (χ2v) is 7.09. The number of nitrogens with zero attached hydrogens (tertiary/aromatic N) is 1. The molecule has 0 spiro atoms. The number of thioether (sulfide) groups is 1. The zero-order chi connectivity index (χ0) is 17.6. The van der Waals surface area contributed by atoms with Gasteiger partial charge in [0, 0.05) is 24.5 Å². The predicted molar refractivity (Wildman–Crippen MR) is 95.5 cm³/mol. The van der Waals surface area contributed by atoms with E-state index in [9.17, 15) is 13.6 Å². The summed E-state index contributed by atoms with van der Waals surface area (Å²) in [4.78, 5) is 15.5. The number of carbonyl (C=O) groups is 1. The first-order valence-corrected chi connectivity index (χ1v) is 9.19. The van der Waals surface area contributed by atoms with E-state index in [1.54, 1.807) is 0 Å². The van der Waals surface area contributed by atoms with Crippen LogP contribution < -0.4 is 5.32 Å². The zero-order valence-corrected chi connectivity index (χ0v) is 14.6. The fourth-order valence-corrected chi connectivity index (χ4v) is 3.94. The molecule has 132 valence electrons. The summed E-state index contributed by atoms with van der Waals surface area (Å²) >= 11 is 1.25. The minimum Gasteiger partial charge on any atom is -0.340 e. The molecule has 1 amide bonds. The molecule has 2 aromatic rings. The van der Waals surface area contributed by atoms with Crippen molar-refractivity contribution in [3.63, 3.8) is 0 Å². The lowest BCUT2D eigenvalue weighted by atomic mass is 10.1. The van der Waals surface area contributed by atoms with Crippen molar-refractivity contribution in [3.05, 3.63) is 65.7 Å². The van der Waals surface area contributed by atoms with Crippen molar-refractivity contribution in [2.45, 2.75) is 16.6 Å². The van der Waals surface area contributed by atoms with Crippen LogP contribution in [0.2, 0.25) is 0 Å². The molecule has 1 fully saturated rings. The molecule has 1 saturated heterocycles. The maximum absolute atomic E-state index is 13.5. The molecule has 6 heteroatoms. The highest BCUT2D eigenvalue weighted by Crippen LogP contribution is 2.37. The van der Waals surface area contributed by atoms with Crippen molar-refractivity contribution < 1.29 is 13.6 Å². The Labute approximate surface area is 150 Å². The minimum absolute atomic E-state index is 0.00429. The molecule has 0 aliphatic carbocycles. The Morgan fingerprint density at radius 3 is 2.60 bits per heavy atom. The Hall–Kier alpha value is -1.92. The highest BCUT2D eigenvalue weighted by atomic mass is 32.2. The summed E-state index contributed by atoms with van der Waals surface area (Å²) in [7, 11) is 0. The molecule has 1 unspecified atom stereocenters. The third-order valence-electron chi connectivity index (χ3n) is 4.12. The summed E-state index contributed by atoms with van der Waals surface area (Å²) in [6.45, 7) is 3.02. The molecule has 25 heavy (non-hydrogen) atoms. The molecule has 1 atom stereocenters. The van der Waals surface area contributed by atoms with Crippen LogP contribution in [0.4, 0.5) is 8.78 Å². The van der Waals surface area contributed by atoms with E-state index in [0.29, 0.717) is 18.0 Å². The Bertz CT molecular complexity index is 719. The van der Waals surface area contributed by atoms with Gasteiger partial charge in [-0.05, 0) is 36.7 Å². The van der Waals surface area contributed by atoms with Gasteiger partial charge < -0.3 is 10.2 Å². The summed E-state index contributed by atoms with van der Waals surface area (Å²) in [6, 6.07) is 13.2. The monoisotopic (exact) mass is 362 g/mol. The number of nitrogens with one attached hydrogen (secondary N) is 1. The molecule has 1 heterocycles. The van der Waals surface area contributed by atoms with Gasteiger partial charge in [0.1, 0.15) is 5.25 Å². The van der Waals surface area contributed by atoms with E-state index in [0.717, 1.165) is 37.2 Å². The maximum Gasteiger partial charge on any atom is 0.240 e. The minimum atomic E-state index is -0.900. The van der Waals surface area contributed by atoms with Crippen LogP contribution in [0.15, 0.2) is 53.4 Å². The lowest BCUT2D eigenvalue weighted by Gasteiger charge is -2.26. The van der Waals surface area contributed by atoms with Crippen molar-refractivity contribution >= 4 is 17.7 Å². The molecule has 0 bridgehead atoms. The van der Waals surface area contributed by atoms with Crippen molar-refractivity contribution in [3.8, 4) is 0 Å². The Balaban J connectivity index is 1.86. The molecule has 2 aromatic carbocycles. The fourth-order valence-electron chi connectivity index (χ4n) is 2.81. The van der Waals surface area contributed by atoms with E-state index < -0.39 is 16.9 Å². The van der Waals surface area contributed by atoms with Gasteiger partial charge >= 0.3 is 0 Å².